The predicted molar refractivity (Wildman–Crippen MR) is 69.3 cm³/mol. The van der Waals surface area contributed by atoms with Gasteiger partial charge in [0.25, 0.3) is 0 Å². The molecule has 1 fully saturated rings. The van der Waals surface area contributed by atoms with E-state index in [0.29, 0.717) is 18.8 Å². The van der Waals surface area contributed by atoms with Gasteiger partial charge in [-0.1, -0.05) is 18.2 Å². The number of rotatable bonds is 3. The molecule has 0 saturated carbocycles. The molecule has 1 N–H and O–H groups in total. The first kappa shape index (κ1) is 11.4. The molecule has 1 aliphatic heterocycles. The van der Waals surface area contributed by atoms with Crippen molar-refractivity contribution in [3.05, 3.63) is 57.8 Å². The Kier molecular flexibility index (Phi) is 2.69. The molecule has 1 aliphatic rings. The molecule has 92 valence electrons. The lowest BCUT2D eigenvalue weighted by molar-refractivity contribution is -0.0362. The first-order valence-electron chi connectivity index (χ1n) is 5.68. The van der Waals surface area contributed by atoms with E-state index in [1.807, 2.05) is 18.2 Å². The van der Waals surface area contributed by atoms with Crippen LogP contribution in [0.4, 0.5) is 0 Å². The highest BCUT2D eigenvalue weighted by molar-refractivity contribution is 7.10. The molecule has 0 aliphatic carbocycles. The number of carboxylic acid groups (broad SMARTS) is 1. The Labute approximate surface area is 109 Å². The van der Waals surface area contributed by atoms with E-state index in [2.05, 4.69) is 11.4 Å². The standard InChI is InChI=1S/C14H12O3S/c15-13(16)10-3-5-11(6-4-10)14(8-17-9-14)12-2-1-7-18-12/h1-7H,8-9H2,(H,15,16). The minimum absolute atomic E-state index is 0.0782. The van der Waals surface area contributed by atoms with Crippen LogP contribution in [-0.2, 0) is 10.2 Å². The second kappa shape index (κ2) is 4.23. The number of thiophene rings is 1. The van der Waals surface area contributed by atoms with E-state index in [4.69, 9.17) is 9.84 Å². The SMILES string of the molecule is O=C(O)c1ccc(C2(c3cccs3)COC2)cc1. The highest BCUT2D eigenvalue weighted by Gasteiger charge is 2.42. The van der Waals surface area contributed by atoms with Gasteiger partial charge < -0.3 is 9.84 Å². The molecule has 0 amide bonds. The third-order valence-electron chi connectivity index (χ3n) is 3.37. The second-order valence-corrected chi connectivity index (χ2v) is 5.38. The van der Waals surface area contributed by atoms with Crippen molar-refractivity contribution in [2.45, 2.75) is 5.41 Å². The van der Waals surface area contributed by atoms with Gasteiger partial charge in [0, 0.05) is 4.88 Å². The fourth-order valence-corrected chi connectivity index (χ4v) is 3.16. The molecule has 18 heavy (non-hydrogen) atoms. The van der Waals surface area contributed by atoms with E-state index in [-0.39, 0.29) is 5.41 Å². The molecule has 2 aromatic rings. The van der Waals surface area contributed by atoms with Crippen molar-refractivity contribution in [2.24, 2.45) is 0 Å². The topological polar surface area (TPSA) is 46.5 Å². The van der Waals surface area contributed by atoms with Crippen molar-refractivity contribution < 1.29 is 14.6 Å². The molecule has 1 saturated heterocycles. The van der Waals surface area contributed by atoms with Crippen LogP contribution >= 0.6 is 11.3 Å². The zero-order valence-corrected chi connectivity index (χ0v) is 10.4. The van der Waals surface area contributed by atoms with Gasteiger partial charge in [0.15, 0.2) is 0 Å². The Bertz CT molecular complexity index is 553. The number of hydrogen-bond donors (Lipinski definition) is 1. The summed E-state index contributed by atoms with van der Waals surface area (Å²) in [5.74, 6) is -0.892. The van der Waals surface area contributed by atoms with Crippen molar-refractivity contribution in [2.75, 3.05) is 13.2 Å². The largest absolute Gasteiger partial charge is 0.478 e. The van der Waals surface area contributed by atoms with E-state index in [1.54, 1.807) is 23.5 Å². The summed E-state index contributed by atoms with van der Waals surface area (Å²) >= 11 is 1.71. The fourth-order valence-electron chi connectivity index (χ4n) is 2.24. The van der Waals surface area contributed by atoms with Gasteiger partial charge in [-0.3, -0.25) is 0 Å². The van der Waals surface area contributed by atoms with Crippen molar-refractivity contribution in [3.63, 3.8) is 0 Å². The predicted octanol–water partition coefficient (Wildman–Crippen LogP) is 2.76. The first-order valence-corrected chi connectivity index (χ1v) is 6.56. The van der Waals surface area contributed by atoms with Gasteiger partial charge >= 0.3 is 5.97 Å². The van der Waals surface area contributed by atoms with Gasteiger partial charge in [0.05, 0.1) is 24.2 Å². The van der Waals surface area contributed by atoms with E-state index < -0.39 is 5.97 Å². The molecular weight excluding hydrogens is 248 g/mol. The summed E-state index contributed by atoms with van der Waals surface area (Å²) in [6, 6.07) is 11.2. The minimum atomic E-state index is -0.892. The average molecular weight is 260 g/mol. The lowest BCUT2D eigenvalue weighted by Crippen LogP contribution is -2.47. The third kappa shape index (κ3) is 1.65. The smallest absolute Gasteiger partial charge is 0.335 e. The minimum Gasteiger partial charge on any atom is -0.478 e. The molecule has 4 heteroatoms. The Morgan fingerprint density at radius 3 is 2.39 bits per heavy atom. The number of ether oxygens (including phenoxy) is 1. The van der Waals surface area contributed by atoms with Gasteiger partial charge in [-0.15, -0.1) is 11.3 Å². The van der Waals surface area contributed by atoms with Crippen molar-refractivity contribution in [3.8, 4) is 0 Å². The molecule has 0 unspecified atom stereocenters. The van der Waals surface area contributed by atoms with Crippen LogP contribution in [0, 0.1) is 0 Å². The summed E-state index contributed by atoms with van der Waals surface area (Å²) in [6.45, 7) is 1.33. The van der Waals surface area contributed by atoms with Crippen LogP contribution in [0.25, 0.3) is 0 Å². The van der Waals surface area contributed by atoms with Crippen LogP contribution in [-0.4, -0.2) is 24.3 Å². The molecule has 1 aromatic heterocycles. The summed E-state index contributed by atoms with van der Waals surface area (Å²) < 4.78 is 5.38. The van der Waals surface area contributed by atoms with E-state index in [0.717, 1.165) is 5.56 Å². The summed E-state index contributed by atoms with van der Waals surface area (Å²) in [4.78, 5) is 12.1. The van der Waals surface area contributed by atoms with E-state index in [1.165, 1.54) is 4.88 Å². The van der Waals surface area contributed by atoms with Gasteiger partial charge in [0.2, 0.25) is 0 Å². The molecule has 2 heterocycles. The summed E-state index contributed by atoms with van der Waals surface area (Å²) in [6.07, 6.45) is 0. The normalized spacial score (nSPS) is 17.1. The zero-order chi connectivity index (χ0) is 12.6. The molecule has 3 rings (SSSR count). The highest BCUT2D eigenvalue weighted by atomic mass is 32.1. The second-order valence-electron chi connectivity index (χ2n) is 4.43. The lowest BCUT2D eigenvalue weighted by atomic mass is 9.77. The summed E-state index contributed by atoms with van der Waals surface area (Å²) in [5, 5.41) is 11.0. The van der Waals surface area contributed by atoms with Gasteiger partial charge in [-0.2, -0.15) is 0 Å². The number of carbonyl (C=O) groups is 1. The quantitative estimate of drug-likeness (QED) is 0.923. The molecule has 1 aromatic carbocycles. The van der Waals surface area contributed by atoms with Crippen molar-refractivity contribution in [1.82, 2.24) is 0 Å². The third-order valence-corrected chi connectivity index (χ3v) is 4.45. The van der Waals surface area contributed by atoms with E-state index in [9.17, 15) is 4.79 Å². The van der Waals surface area contributed by atoms with Crippen LogP contribution in [0.15, 0.2) is 41.8 Å². The highest BCUT2D eigenvalue weighted by Crippen LogP contribution is 2.41. The lowest BCUT2D eigenvalue weighted by Gasteiger charge is -2.41. The van der Waals surface area contributed by atoms with Crippen LogP contribution in [0.2, 0.25) is 0 Å². The Morgan fingerprint density at radius 1 is 1.22 bits per heavy atom. The molecular formula is C14H12O3S. The number of aromatic carboxylic acids is 1. The van der Waals surface area contributed by atoms with Crippen molar-refractivity contribution >= 4 is 17.3 Å². The van der Waals surface area contributed by atoms with Crippen LogP contribution in [0.3, 0.4) is 0 Å². The first-order chi connectivity index (χ1) is 8.72. The number of hydrogen-bond acceptors (Lipinski definition) is 3. The fraction of sp³-hybridized carbons (Fsp3) is 0.214. The number of benzene rings is 1. The van der Waals surface area contributed by atoms with E-state index >= 15 is 0 Å². The monoisotopic (exact) mass is 260 g/mol. The Balaban J connectivity index is 2.00. The van der Waals surface area contributed by atoms with Gasteiger partial charge in [0.1, 0.15) is 0 Å². The maximum atomic E-state index is 10.9. The maximum absolute atomic E-state index is 10.9. The summed E-state index contributed by atoms with van der Waals surface area (Å²) in [7, 11) is 0. The van der Waals surface area contributed by atoms with Crippen LogP contribution < -0.4 is 0 Å². The van der Waals surface area contributed by atoms with Crippen LogP contribution in [0.5, 0.6) is 0 Å². The van der Waals surface area contributed by atoms with Gasteiger partial charge in [-0.05, 0) is 29.1 Å². The molecule has 0 radical (unpaired) electrons. The van der Waals surface area contributed by atoms with Crippen LogP contribution in [0.1, 0.15) is 20.8 Å². The molecule has 0 bridgehead atoms. The van der Waals surface area contributed by atoms with Gasteiger partial charge in [-0.25, -0.2) is 4.79 Å². The molecule has 0 atom stereocenters. The summed E-state index contributed by atoms with van der Waals surface area (Å²) in [5.41, 5.74) is 1.37. The average Bonchev–Trinajstić information content (AvgIpc) is 2.82. The Morgan fingerprint density at radius 2 is 1.94 bits per heavy atom. The molecule has 0 spiro atoms. The number of carboxylic acids is 1. The zero-order valence-electron chi connectivity index (χ0n) is 9.63. The van der Waals surface area contributed by atoms with Crippen molar-refractivity contribution in [1.29, 1.82) is 0 Å². The Hall–Kier alpha value is -1.65. The maximum Gasteiger partial charge on any atom is 0.335 e. The molecule has 3 nitrogen and oxygen atoms in total.